The summed E-state index contributed by atoms with van der Waals surface area (Å²) in [6, 6.07) is 4.96. The number of hydrogen-bond acceptors (Lipinski definition) is 4. The van der Waals surface area contributed by atoms with Crippen molar-refractivity contribution in [3.05, 3.63) is 18.2 Å². The molecule has 3 atom stereocenters. The Labute approximate surface area is 146 Å². The topological polar surface area (TPSA) is 88.1 Å². The predicted octanol–water partition coefficient (Wildman–Crippen LogP) is 3.16. The molecule has 0 radical (unpaired) electrons. The largest absolute Gasteiger partial charge is 0.481 e. The van der Waals surface area contributed by atoms with Crippen molar-refractivity contribution < 1.29 is 24.2 Å². The lowest BCUT2D eigenvalue weighted by Gasteiger charge is -2.34. The van der Waals surface area contributed by atoms with Gasteiger partial charge in [-0.1, -0.05) is 13.8 Å². The Kier molecular flexibility index (Phi) is 4.49. The van der Waals surface area contributed by atoms with Crippen molar-refractivity contribution in [1.29, 1.82) is 0 Å². The molecule has 1 saturated heterocycles. The molecule has 1 aromatic rings. The van der Waals surface area contributed by atoms with Crippen LogP contribution in [0.1, 0.15) is 33.6 Å². The van der Waals surface area contributed by atoms with Gasteiger partial charge in [0.05, 0.1) is 5.92 Å². The molecular weight excluding hydrogens is 324 g/mol. The highest BCUT2D eigenvalue weighted by Crippen LogP contribution is 2.42. The minimum atomic E-state index is -0.855. The van der Waals surface area contributed by atoms with Gasteiger partial charge in [0.25, 0.3) is 0 Å². The Bertz CT molecular complexity index is 692. The lowest BCUT2D eigenvalue weighted by molar-refractivity contribution is -0.143. The standard InChI is InChI=1S/C18H24N2O5/c1-4-18(3)24-14-6-5-13(8-15(14)25-18)19-17(23)20-9-11(2)7-12(10-20)16(21)22/h5-6,8,11-12H,4,7,9-10H2,1-3H3,(H,19,23)(H,21,22). The van der Waals surface area contributed by atoms with Crippen LogP contribution < -0.4 is 14.8 Å². The summed E-state index contributed by atoms with van der Waals surface area (Å²) >= 11 is 0. The van der Waals surface area contributed by atoms with Crippen molar-refractivity contribution in [2.24, 2.45) is 11.8 Å². The highest BCUT2D eigenvalue weighted by Gasteiger charge is 2.35. The molecule has 0 aliphatic carbocycles. The first-order valence-electron chi connectivity index (χ1n) is 8.60. The van der Waals surface area contributed by atoms with Gasteiger partial charge < -0.3 is 24.8 Å². The molecule has 0 saturated carbocycles. The number of likely N-dealkylation sites (tertiary alicyclic amines) is 1. The highest BCUT2D eigenvalue weighted by atomic mass is 16.7. The number of aliphatic carboxylic acids is 1. The van der Waals surface area contributed by atoms with Crippen LogP contribution in [0.3, 0.4) is 0 Å². The molecular formula is C18H24N2O5. The minimum Gasteiger partial charge on any atom is -0.481 e. The van der Waals surface area contributed by atoms with Crippen LogP contribution in [0, 0.1) is 11.8 Å². The third kappa shape index (κ3) is 3.65. The molecule has 0 aromatic heterocycles. The summed E-state index contributed by atoms with van der Waals surface area (Å²) in [7, 11) is 0. The zero-order chi connectivity index (χ0) is 18.2. The van der Waals surface area contributed by atoms with Crippen molar-refractivity contribution >= 4 is 17.7 Å². The Morgan fingerprint density at radius 1 is 1.32 bits per heavy atom. The second-order valence-corrected chi connectivity index (χ2v) is 7.06. The maximum absolute atomic E-state index is 12.5. The zero-order valence-electron chi connectivity index (χ0n) is 14.7. The molecule has 136 valence electrons. The predicted molar refractivity (Wildman–Crippen MR) is 91.9 cm³/mol. The van der Waals surface area contributed by atoms with Crippen LogP contribution in [0.4, 0.5) is 10.5 Å². The molecule has 2 aliphatic rings. The van der Waals surface area contributed by atoms with E-state index in [9.17, 15) is 14.7 Å². The summed E-state index contributed by atoms with van der Waals surface area (Å²) in [5, 5.41) is 12.1. The van der Waals surface area contributed by atoms with E-state index in [1.807, 2.05) is 20.8 Å². The number of amides is 2. The number of piperidine rings is 1. The van der Waals surface area contributed by atoms with Crippen LogP contribution in [0.25, 0.3) is 0 Å². The monoisotopic (exact) mass is 348 g/mol. The van der Waals surface area contributed by atoms with Crippen LogP contribution in [-0.4, -0.2) is 40.9 Å². The van der Waals surface area contributed by atoms with E-state index in [1.54, 1.807) is 23.1 Å². The molecule has 2 amide bonds. The number of nitrogens with zero attached hydrogens (tertiary/aromatic N) is 1. The molecule has 7 heteroatoms. The van der Waals surface area contributed by atoms with Gasteiger partial charge in [0, 0.05) is 38.2 Å². The summed E-state index contributed by atoms with van der Waals surface area (Å²) in [4.78, 5) is 25.3. The van der Waals surface area contributed by atoms with E-state index in [0.717, 1.165) is 0 Å². The van der Waals surface area contributed by atoms with Crippen molar-refractivity contribution in [2.75, 3.05) is 18.4 Å². The average molecular weight is 348 g/mol. The number of rotatable bonds is 3. The van der Waals surface area contributed by atoms with E-state index in [-0.39, 0.29) is 18.5 Å². The van der Waals surface area contributed by atoms with E-state index in [0.29, 0.717) is 36.6 Å². The van der Waals surface area contributed by atoms with Gasteiger partial charge in [0.1, 0.15) is 0 Å². The van der Waals surface area contributed by atoms with E-state index in [1.165, 1.54) is 0 Å². The third-order valence-electron chi connectivity index (χ3n) is 4.79. The average Bonchev–Trinajstić information content (AvgIpc) is 2.90. The van der Waals surface area contributed by atoms with Crippen molar-refractivity contribution in [2.45, 2.75) is 39.4 Å². The smallest absolute Gasteiger partial charge is 0.321 e. The van der Waals surface area contributed by atoms with Gasteiger partial charge in [0.15, 0.2) is 11.5 Å². The van der Waals surface area contributed by atoms with E-state index in [2.05, 4.69) is 5.32 Å². The molecule has 2 heterocycles. The van der Waals surface area contributed by atoms with Gasteiger partial charge in [-0.2, -0.15) is 0 Å². The molecule has 2 N–H and O–H groups in total. The maximum Gasteiger partial charge on any atom is 0.321 e. The third-order valence-corrected chi connectivity index (χ3v) is 4.79. The first kappa shape index (κ1) is 17.4. The molecule has 0 bridgehead atoms. The number of urea groups is 1. The first-order chi connectivity index (χ1) is 11.8. The first-order valence-corrected chi connectivity index (χ1v) is 8.60. The van der Waals surface area contributed by atoms with Gasteiger partial charge in [0.2, 0.25) is 5.79 Å². The summed E-state index contributed by atoms with van der Waals surface area (Å²) in [6.45, 7) is 6.58. The number of hydrogen-bond donors (Lipinski definition) is 2. The summed E-state index contributed by atoms with van der Waals surface area (Å²) in [5.41, 5.74) is 0.595. The minimum absolute atomic E-state index is 0.155. The zero-order valence-corrected chi connectivity index (χ0v) is 14.7. The van der Waals surface area contributed by atoms with Crippen LogP contribution in [0.2, 0.25) is 0 Å². The van der Waals surface area contributed by atoms with E-state index in [4.69, 9.17) is 9.47 Å². The molecule has 7 nitrogen and oxygen atoms in total. The number of carbonyl (C=O) groups excluding carboxylic acids is 1. The van der Waals surface area contributed by atoms with Gasteiger partial charge in [-0.3, -0.25) is 4.79 Å². The number of anilines is 1. The Balaban J connectivity index is 1.68. The second-order valence-electron chi connectivity index (χ2n) is 7.06. The molecule has 1 fully saturated rings. The Hall–Kier alpha value is -2.44. The molecule has 0 spiro atoms. The van der Waals surface area contributed by atoms with Crippen LogP contribution >= 0.6 is 0 Å². The fourth-order valence-electron chi connectivity index (χ4n) is 3.28. The van der Waals surface area contributed by atoms with Crippen LogP contribution in [0.5, 0.6) is 11.5 Å². The van der Waals surface area contributed by atoms with Crippen LogP contribution in [-0.2, 0) is 4.79 Å². The normalized spacial score (nSPS) is 27.9. The Morgan fingerprint density at radius 2 is 2.04 bits per heavy atom. The second kappa shape index (κ2) is 6.46. The summed E-state index contributed by atoms with van der Waals surface area (Å²) in [5.74, 6) is -0.648. The van der Waals surface area contributed by atoms with Gasteiger partial charge in [-0.25, -0.2) is 4.79 Å². The van der Waals surface area contributed by atoms with Gasteiger partial charge in [-0.05, 0) is 24.5 Å². The lowest BCUT2D eigenvalue weighted by Crippen LogP contribution is -2.47. The number of nitrogens with one attached hydrogen (secondary N) is 1. The lowest BCUT2D eigenvalue weighted by atomic mass is 9.91. The number of benzene rings is 1. The fraction of sp³-hybridized carbons (Fsp3) is 0.556. The number of carboxylic acids is 1. The molecule has 3 unspecified atom stereocenters. The number of fused-ring (bicyclic) bond motifs is 1. The molecule has 3 rings (SSSR count). The number of carbonyl (C=O) groups is 2. The van der Waals surface area contributed by atoms with E-state index >= 15 is 0 Å². The number of carboxylic acid groups (broad SMARTS) is 1. The summed E-state index contributed by atoms with van der Waals surface area (Å²) < 4.78 is 11.6. The molecule has 25 heavy (non-hydrogen) atoms. The quantitative estimate of drug-likeness (QED) is 0.876. The highest BCUT2D eigenvalue weighted by molar-refractivity contribution is 5.90. The fourth-order valence-corrected chi connectivity index (χ4v) is 3.28. The SMILES string of the molecule is CCC1(C)Oc2ccc(NC(=O)N3CC(C)CC(C(=O)O)C3)cc2O1. The van der Waals surface area contributed by atoms with Crippen molar-refractivity contribution in [3.8, 4) is 11.5 Å². The van der Waals surface area contributed by atoms with E-state index < -0.39 is 17.7 Å². The van der Waals surface area contributed by atoms with Gasteiger partial charge >= 0.3 is 12.0 Å². The summed E-state index contributed by atoms with van der Waals surface area (Å²) in [6.07, 6.45) is 1.30. The van der Waals surface area contributed by atoms with Crippen molar-refractivity contribution in [1.82, 2.24) is 4.90 Å². The van der Waals surface area contributed by atoms with Gasteiger partial charge in [-0.15, -0.1) is 0 Å². The van der Waals surface area contributed by atoms with Crippen molar-refractivity contribution in [3.63, 3.8) is 0 Å². The van der Waals surface area contributed by atoms with Crippen LogP contribution in [0.15, 0.2) is 18.2 Å². The Morgan fingerprint density at radius 3 is 2.72 bits per heavy atom. The molecule has 1 aromatic carbocycles. The molecule has 2 aliphatic heterocycles. The number of ether oxygens (including phenoxy) is 2. The maximum atomic E-state index is 12.5.